The van der Waals surface area contributed by atoms with Crippen molar-refractivity contribution in [3.63, 3.8) is 0 Å². The summed E-state index contributed by atoms with van der Waals surface area (Å²) in [5.41, 5.74) is -4.69. The van der Waals surface area contributed by atoms with E-state index in [9.17, 15) is 22.0 Å². The molecule has 0 saturated heterocycles. The van der Waals surface area contributed by atoms with Gasteiger partial charge in [0, 0.05) is 5.56 Å². The van der Waals surface area contributed by atoms with Crippen LogP contribution in [0.25, 0.3) is 0 Å². The van der Waals surface area contributed by atoms with Crippen molar-refractivity contribution in [1.29, 1.82) is 5.26 Å². The van der Waals surface area contributed by atoms with E-state index in [1.54, 1.807) is 0 Å². The number of aliphatic hydroxyl groups excluding tert-OH is 1. The van der Waals surface area contributed by atoms with Crippen LogP contribution in [-0.4, -0.2) is 10.1 Å². The van der Waals surface area contributed by atoms with Gasteiger partial charge in [-0.3, -0.25) is 0 Å². The molecule has 1 aromatic heterocycles. The summed E-state index contributed by atoms with van der Waals surface area (Å²) in [7, 11) is 0. The van der Waals surface area contributed by atoms with Gasteiger partial charge in [0.2, 0.25) is 0 Å². The molecule has 92 valence electrons. The molecule has 8 heteroatoms. The van der Waals surface area contributed by atoms with E-state index in [4.69, 9.17) is 10.4 Å². The molecular weight excluding hydrogens is 247 g/mol. The van der Waals surface area contributed by atoms with Gasteiger partial charge in [0.15, 0.2) is 5.69 Å². The smallest absolute Gasteiger partial charge is 0.390 e. The second-order valence-corrected chi connectivity index (χ2v) is 2.99. The number of pyridine rings is 1. The van der Waals surface area contributed by atoms with Crippen molar-refractivity contribution in [2.45, 2.75) is 19.2 Å². The van der Waals surface area contributed by atoms with E-state index < -0.39 is 41.7 Å². The van der Waals surface area contributed by atoms with Crippen LogP contribution in [0.4, 0.5) is 22.0 Å². The lowest BCUT2D eigenvalue weighted by Crippen LogP contribution is -2.15. The van der Waals surface area contributed by atoms with E-state index in [1.165, 1.54) is 0 Å². The molecule has 17 heavy (non-hydrogen) atoms. The Labute approximate surface area is 92.1 Å². The van der Waals surface area contributed by atoms with Crippen molar-refractivity contribution in [1.82, 2.24) is 4.98 Å². The minimum absolute atomic E-state index is 0.412. The van der Waals surface area contributed by atoms with Crippen LogP contribution in [0.15, 0.2) is 6.07 Å². The van der Waals surface area contributed by atoms with Crippen molar-refractivity contribution >= 4 is 0 Å². The quantitative estimate of drug-likeness (QED) is 0.822. The Morgan fingerprint density at radius 2 is 2.00 bits per heavy atom. The number of hydrogen-bond donors (Lipinski definition) is 1. The largest absolute Gasteiger partial charge is 0.419 e. The molecule has 0 aromatic carbocycles. The second kappa shape index (κ2) is 4.63. The molecule has 1 heterocycles. The summed E-state index contributed by atoms with van der Waals surface area (Å²) in [6.45, 7) is -0.827. The van der Waals surface area contributed by atoms with Gasteiger partial charge in [-0.25, -0.2) is 13.8 Å². The van der Waals surface area contributed by atoms with Gasteiger partial charge in [0.25, 0.3) is 6.43 Å². The summed E-state index contributed by atoms with van der Waals surface area (Å²) in [6, 6.07) is 1.54. The number of hydrogen-bond acceptors (Lipinski definition) is 3. The van der Waals surface area contributed by atoms with Crippen molar-refractivity contribution in [3.05, 3.63) is 28.6 Å². The fourth-order valence-electron chi connectivity index (χ4n) is 1.25. The highest BCUT2D eigenvalue weighted by Crippen LogP contribution is 2.38. The maximum Gasteiger partial charge on any atom is 0.419 e. The molecule has 0 aliphatic heterocycles. The Morgan fingerprint density at radius 3 is 2.35 bits per heavy atom. The Hall–Kier alpha value is -1.75. The Balaban J connectivity index is 3.60. The van der Waals surface area contributed by atoms with E-state index in [2.05, 4.69) is 4.98 Å². The third-order valence-electron chi connectivity index (χ3n) is 1.89. The van der Waals surface area contributed by atoms with Crippen molar-refractivity contribution < 1.29 is 27.1 Å². The van der Waals surface area contributed by atoms with Gasteiger partial charge in [-0.05, 0) is 6.07 Å². The first-order valence-electron chi connectivity index (χ1n) is 4.21. The monoisotopic (exact) mass is 252 g/mol. The van der Waals surface area contributed by atoms with Gasteiger partial charge in [0.1, 0.15) is 11.6 Å². The molecule has 0 atom stereocenters. The van der Waals surface area contributed by atoms with Gasteiger partial charge in [-0.1, -0.05) is 0 Å². The maximum atomic E-state index is 12.5. The van der Waals surface area contributed by atoms with E-state index in [-0.39, 0.29) is 0 Å². The number of nitrogens with zero attached hydrogens (tertiary/aromatic N) is 2. The fraction of sp³-hybridized carbons (Fsp3) is 0.333. The van der Waals surface area contributed by atoms with Crippen LogP contribution in [0.1, 0.15) is 28.9 Å². The van der Waals surface area contributed by atoms with E-state index >= 15 is 0 Å². The number of aliphatic hydroxyl groups is 1. The van der Waals surface area contributed by atoms with Crippen LogP contribution in [0.5, 0.6) is 0 Å². The summed E-state index contributed by atoms with van der Waals surface area (Å²) >= 11 is 0. The van der Waals surface area contributed by atoms with Gasteiger partial charge in [0.05, 0.1) is 12.3 Å². The zero-order chi connectivity index (χ0) is 13.2. The van der Waals surface area contributed by atoms with Crippen LogP contribution >= 0.6 is 0 Å². The van der Waals surface area contributed by atoms with Crippen LogP contribution in [0.2, 0.25) is 0 Å². The van der Waals surface area contributed by atoms with Crippen LogP contribution < -0.4 is 0 Å². The predicted molar refractivity (Wildman–Crippen MR) is 44.8 cm³/mol. The highest BCUT2D eigenvalue weighted by Gasteiger charge is 2.39. The topological polar surface area (TPSA) is 56.9 Å². The standard InChI is InChI=1S/C9H5F5N2O/c10-8(11)5-1-4(3-17)16-6(2-15)7(5)9(12,13)14/h1,8,17H,3H2. The van der Waals surface area contributed by atoms with Crippen LogP contribution in [0, 0.1) is 11.3 Å². The molecule has 1 aromatic rings. The number of rotatable bonds is 2. The molecule has 0 unspecified atom stereocenters. The average molecular weight is 252 g/mol. The molecule has 0 spiro atoms. The maximum absolute atomic E-state index is 12.5. The lowest BCUT2D eigenvalue weighted by atomic mass is 10.0. The number of halogens is 5. The molecule has 0 aliphatic rings. The third kappa shape index (κ3) is 2.68. The molecular formula is C9H5F5N2O. The van der Waals surface area contributed by atoms with Crippen molar-refractivity contribution in [2.24, 2.45) is 0 Å². The fourth-order valence-corrected chi connectivity index (χ4v) is 1.25. The van der Waals surface area contributed by atoms with E-state index in [0.717, 1.165) is 6.07 Å². The zero-order valence-corrected chi connectivity index (χ0v) is 8.09. The van der Waals surface area contributed by atoms with Crippen LogP contribution in [-0.2, 0) is 12.8 Å². The first-order valence-corrected chi connectivity index (χ1v) is 4.21. The SMILES string of the molecule is N#Cc1nc(CO)cc(C(F)F)c1C(F)(F)F. The highest BCUT2D eigenvalue weighted by atomic mass is 19.4. The molecule has 1 rings (SSSR count). The molecule has 0 aliphatic carbocycles. The van der Waals surface area contributed by atoms with Gasteiger partial charge in [-0.15, -0.1) is 0 Å². The summed E-state index contributed by atoms with van der Waals surface area (Å²) in [4.78, 5) is 3.15. The average Bonchev–Trinajstić information content (AvgIpc) is 2.25. The Morgan fingerprint density at radius 1 is 1.41 bits per heavy atom. The zero-order valence-electron chi connectivity index (χ0n) is 8.09. The molecule has 3 nitrogen and oxygen atoms in total. The minimum Gasteiger partial charge on any atom is -0.390 e. The molecule has 0 saturated carbocycles. The number of aromatic nitrogens is 1. The molecule has 0 fully saturated rings. The Bertz CT molecular complexity index is 464. The van der Waals surface area contributed by atoms with E-state index in [1.807, 2.05) is 0 Å². The van der Waals surface area contributed by atoms with E-state index in [0.29, 0.717) is 6.07 Å². The molecule has 0 radical (unpaired) electrons. The second-order valence-electron chi connectivity index (χ2n) is 2.99. The molecule has 1 N–H and O–H groups in total. The van der Waals surface area contributed by atoms with Crippen molar-refractivity contribution in [2.75, 3.05) is 0 Å². The summed E-state index contributed by atoms with van der Waals surface area (Å²) in [5.74, 6) is 0. The Kier molecular flexibility index (Phi) is 3.63. The van der Waals surface area contributed by atoms with Gasteiger partial charge >= 0.3 is 6.18 Å². The van der Waals surface area contributed by atoms with Crippen LogP contribution in [0.3, 0.4) is 0 Å². The normalized spacial score (nSPS) is 11.6. The lowest BCUT2D eigenvalue weighted by molar-refractivity contribution is -0.140. The third-order valence-corrected chi connectivity index (χ3v) is 1.89. The molecule has 0 amide bonds. The van der Waals surface area contributed by atoms with Gasteiger partial charge in [-0.2, -0.15) is 18.4 Å². The summed E-state index contributed by atoms with van der Waals surface area (Å²) in [5, 5.41) is 17.1. The van der Waals surface area contributed by atoms with Gasteiger partial charge < -0.3 is 5.11 Å². The highest BCUT2D eigenvalue weighted by molar-refractivity contribution is 5.42. The van der Waals surface area contributed by atoms with Crippen molar-refractivity contribution in [3.8, 4) is 6.07 Å². The lowest BCUT2D eigenvalue weighted by Gasteiger charge is -2.14. The number of alkyl halides is 5. The minimum atomic E-state index is -5.10. The predicted octanol–water partition coefficient (Wildman–Crippen LogP) is 2.40. The summed E-state index contributed by atoms with van der Waals surface area (Å²) in [6.07, 6.45) is -8.51. The first-order chi connectivity index (χ1) is 7.81. The molecule has 0 bridgehead atoms. The number of nitriles is 1. The first kappa shape index (κ1) is 13.3. The summed E-state index contributed by atoms with van der Waals surface area (Å²) < 4.78 is 62.5.